The van der Waals surface area contributed by atoms with E-state index in [9.17, 15) is 9.90 Å². The largest absolute Gasteiger partial charge is 0.508 e. The molecule has 0 aliphatic carbocycles. The maximum absolute atomic E-state index is 12.6. The average Bonchev–Trinajstić information content (AvgIpc) is 2.88. The molecule has 1 amide bonds. The number of aromatic nitrogens is 2. The number of nitrogens with zero attached hydrogens (tertiary/aromatic N) is 2. The van der Waals surface area contributed by atoms with Crippen LogP contribution in [-0.2, 0) is 0 Å². The number of likely N-dealkylation sites (tertiary alicyclic amines) is 1. The lowest BCUT2D eigenvalue weighted by Crippen LogP contribution is -2.62. The molecule has 4 N–H and O–H groups in total. The Kier molecular flexibility index (Phi) is 3.46. The van der Waals surface area contributed by atoms with E-state index in [0.29, 0.717) is 23.2 Å². The van der Waals surface area contributed by atoms with Crippen molar-refractivity contribution >= 4 is 16.8 Å². The number of fused-ring (bicyclic) bond motifs is 3. The first kappa shape index (κ1) is 14.5. The zero-order valence-electron chi connectivity index (χ0n) is 13.0. The molecule has 2 fully saturated rings. The number of rotatable bonds is 2. The third kappa shape index (κ3) is 2.77. The summed E-state index contributed by atoms with van der Waals surface area (Å²) in [5, 5.41) is 24.0. The second-order valence-electron chi connectivity index (χ2n) is 6.73. The lowest BCUT2D eigenvalue weighted by Gasteiger charge is -2.44. The molecule has 2 bridgehead atoms. The Morgan fingerprint density at radius 2 is 2.09 bits per heavy atom. The molecule has 2 aliphatic rings. The number of aromatic amines is 1. The number of likely N-dealkylation sites (N-methyl/N-ethyl adjacent to an activating group) is 1. The lowest BCUT2D eigenvalue weighted by atomic mass is 9.90. The van der Waals surface area contributed by atoms with Gasteiger partial charge < -0.3 is 20.6 Å². The van der Waals surface area contributed by atoms with Crippen LogP contribution in [0.3, 0.4) is 0 Å². The maximum Gasteiger partial charge on any atom is 0.272 e. The van der Waals surface area contributed by atoms with E-state index in [0.717, 1.165) is 31.4 Å². The van der Waals surface area contributed by atoms with Gasteiger partial charge in [0.2, 0.25) is 0 Å². The van der Waals surface area contributed by atoms with Crippen molar-refractivity contribution in [1.82, 2.24) is 25.7 Å². The van der Waals surface area contributed by atoms with E-state index in [1.54, 1.807) is 18.2 Å². The molecule has 3 heterocycles. The van der Waals surface area contributed by atoms with Crippen molar-refractivity contribution in [1.29, 1.82) is 0 Å². The summed E-state index contributed by atoms with van der Waals surface area (Å²) in [6.45, 7) is 2.03. The molecule has 7 heteroatoms. The number of benzene rings is 1. The van der Waals surface area contributed by atoms with Gasteiger partial charge in [-0.25, -0.2) is 0 Å². The molecule has 2 atom stereocenters. The SMILES string of the molecule is CN1CC2CC(NC(=O)c3n[nH]c4ccc(O)cc34)CC(C1)N2. The summed E-state index contributed by atoms with van der Waals surface area (Å²) in [6.07, 6.45) is 1.86. The Labute approximate surface area is 134 Å². The van der Waals surface area contributed by atoms with Gasteiger partial charge in [0.1, 0.15) is 5.75 Å². The van der Waals surface area contributed by atoms with Gasteiger partial charge in [-0.1, -0.05) is 0 Å². The molecule has 2 saturated heterocycles. The van der Waals surface area contributed by atoms with E-state index in [-0.39, 0.29) is 17.7 Å². The Balaban J connectivity index is 1.50. The van der Waals surface area contributed by atoms with E-state index in [2.05, 4.69) is 32.8 Å². The van der Waals surface area contributed by atoms with Gasteiger partial charge in [0.15, 0.2) is 5.69 Å². The van der Waals surface area contributed by atoms with Crippen LogP contribution in [0, 0.1) is 0 Å². The van der Waals surface area contributed by atoms with E-state index < -0.39 is 0 Å². The molecule has 2 unspecified atom stereocenters. The molecule has 23 heavy (non-hydrogen) atoms. The van der Waals surface area contributed by atoms with Crippen LogP contribution in [0.4, 0.5) is 0 Å². The summed E-state index contributed by atoms with van der Waals surface area (Å²) >= 11 is 0. The minimum absolute atomic E-state index is 0.132. The van der Waals surface area contributed by atoms with Crippen LogP contribution in [0.25, 0.3) is 10.9 Å². The van der Waals surface area contributed by atoms with Crippen LogP contribution in [-0.4, -0.2) is 64.4 Å². The standard InChI is InChI=1S/C16H21N5O2/c1-21-7-10-4-9(5-11(8-21)17-10)18-16(23)15-13-6-12(22)2-3-14(13)19-20-15/h2-3,6,9-11,17,22H,4-5,7-8H2,1H3,(H,18,23)(H,19,20). The van der Waals surface area contributed by atoms with Crippen molar-refractivity contribution < 1.29 is 9.90 Å². The monoisotopic (exact) mass is 315 g/mol. The second-order valence-corrected chi connectivity index (χ2v) is 6.73. The highest BCUT2D eigenvalue weighted by Crippen LogP contribution is 2.23. The van der Waals surface area contributed by atoms with Crippen molar-refractivity contribution in [2.75, 3.05) is 20.1 Å². The van der Waals surface area contributed by atoms with Gasteiger partial charge in [-0.2, -0.15) is 5.10 Å². The maximum atomic E-state index is 12.6. The molecule has 4 rings (SSSR count). The van der Waals surface area contributed by atoms with Crippen molar-refractivity contribution in [3.63, 3.8) is 0 Å². The minimum atomic E-state index is -0.180. The van der Waals surface area contributed by atoms with Crippen LogP contribution in [0.1, 0.15) is 23.3 Å². The molecule has 0 saturated carbocycles. The first-order chi connectivity index (χ1) is 11.1. The number of H-pyrrole nitrogens is 1. The number of carbonyl (C=O) groups is 1. The topological polar surface area (TPSA) is 93.3 Å². The zero-order chi connectivity index (χ0) is 16.0. The van der Waals surface area contributed by atoms with Crippen LogP contribution in [0.15, 0.2) is 18.2 Å². The normalized spacial score (nSPS) is 28.0. The Hall–Kier alpha value is -2.12. The van der Waals surface area contributed by atoms with Crippen molar-refractivity contribution in [2.24, 2.45) is 0 Å². The molecule has 7 nitrogen and oxygen atoms in total. The number of carbonyl (C=O) groups excluding carboxylic acids is 1. The summed E-state index contributed by atoms with van der Waals surface area (Å²) in [5.74, 6) is -0.0486. The fourth-order valence-electron chi connectivity index (χ4n) is 3.88. The van der Waals surface area contributed by atoms with Crippen LogP contribution < -0.4 is 10.6 Å². The van der Waals surface area contributed by atoms with E-state index in [4.69, 9.17) is 0 Å². The molecule has 122 valence electrons. The van der Waals surface area contributed by atoms with Crippen LogP contribution in [0.2, 0.25) is 0 Å². The highest BCUT2D eigenvalue weighted by molar-refractivity contribution is 6.05. The smallest absolute Gasteiger partial charge is 0.272 e. The number of aromatic hydroxyl groups is 1. The first-order valence-electron chi connectivity index (χ1n) is 8.01. The van der Waals surface area contributed by atoms with Crippen molar-refractivity contribution in [2.45, 2.75) is 31.0 Å². The summed E-state index contributed by atoms with van der Waals surface area (Å²) in [7, 11) is 2.14. The molecule has 1 aromatic carbocycles. The van der Waals surface area contributed by atoms with Crippen LogP contribution >= 0.6 is 0 Å². The summed E-state index contributed by atoms with van der Waals surface area (Å²) in [6, 6.07) is 5.89. The molecule has 0 spiro atoms. The van der Waals surface area contributed by atoms with Gasteiger partial charge >= 0.3 is 0 Å². The van der Waals surface area contributed by atoms with Crippen LogP contribution in [0.5, 0.6) is 5.75 Å². The number of piperidine rings is 1. The highest BCUT2D eigenvalue weighted by Gasteiger charge is 2.34. The molecule has 0 radical (unpaired) electrons. The molecule has 2 aromatic rings. The number of phenolic OH excluding ortho intramolecular Hbond substituents is 1. The summed E-state index contributed by atoms with van der Waals surface area (Å²) < 4.78 is 0. The molecular formula is C16H21N5O2. The predicted octanol–water partition coefficient (Wildman–Crippen LogP) is 0.433. The number of hydrogen-bond donors (Lipinski definition) is 4. The van der Waals surface area contributed by atoms with Gasteiger partial charge in [-0.15, -0.1) is 0 Å². The average molecular weight is 315 g/mol. The van der Waals surface area contributed by atoms with E-state index >= 15 is 0 Å². The Morgan fingerprint density at radius 3 is 2.83 bits per heavy atom. The van der Waals surface area contributed by atoms with Gasteiger partial charge in [-0.3, -0.25) is 9.89 Å². The van der Waals surface area contributed by atoms with Crippen molar-refractivity contribution in [3.8, 4) is 5.75 Å². The number of piperazine rings is 1. The molecule has 2 aliphatic heterocycles. The highest BCUT2D eigenvalue weighted by atomic mass is 16.3. The van der Waals surface area contributed by atoms with Crippen molar-refractivity contribution in [3.05, 3.63) is 23.9 Å². The zero-order valence-corrected chi connectivity index (χ0v) is 13.0. The predicted molar refractivity (Wildman–Crippen MR) is 86.5 cm³/mol. The second kappa shape index (κ2) is 5.50. The van der Waals surface area contributed by atoms with E-state index in [1.165, 1.54) is 0 Å². The minimum Gasteiger partial charge on any atom is -0.508 e. The van der Waals surface area contributed by atoms with Gasteiger partial charge in [-0.05, 0) is 38.1 Å². The Morgan fingerprint density at radius 1 is 1.35 bits per heavy atom. The third-order valence-electron chi connectivity index (χ3n) is 4.77. The van der Waals surface area contributed by atoms with E-state index in [1.807, 2.05) is 0 Å². The van der Waals surface area contributed by atoms with Gasteiger partial charge in [0.05, 0.1) is 5.52 Å². The third-order valence-corrected chi connectivity index (χ3v) is 4.77. The molecule has 1 aromatic heterocycles. The number of phenols is 1. The number of amides is 1. The first-order valence-corrected chi connectivity index (χ1v) is 8.01. The fourth-order valence-corrected chi connectivity index (χ4v) is 3.88. The van der Waals surface area contributed by atoms with Gasteiger partial charge in [0, 0.05) is 36.6 Å². The number of hydrogen-bond acceptors (Lipinski definition) is 5. The summed E-state index contributed by atoms with van der Waals surface area (Å²) in [4.78, 5) is 14.9. The fraction of sp³-hybridized carbons (Fsp3) is 0.500. The summed E-state index contributed by atoms with van der Waals surface area (Å²) in [5.41, 5.74) is 1.09. The Bertz CT molecular complexity index is 725. The van der Waals surface area contributed by atoms with Gasteiger partial charge in [0.25, 0.3) is 5.91 Å². The quantitative estimate of drug-likeness (QED) is 0.645. The lowest BCUT2D eigenvalue weighted by molar-refractivity contribution is 0.0869. The number of nitrogens with one attached hydrogen (secondary N) is 3. The molecular weight excluding hydrogens is 294 g/mol.